The lowest BCUT2D eigenvalue weighted by atomic mass is 10.0. The molecule has 0 fully saturated rings. The third-order valence-corrected chi connectivity index (χ3v) is 3.52. The summed E-state index contributed by atoms with van der Waals surface area (Å²) in [6, 6.07) is 7.47. The van der Waals surface area contributed by atoms with Crippen molar-refractivity contribution in [3.63, 3.8) is 0 Å². The van der Waals surface area contributed by atoms with Crippen molar-refractivity contribution in [3.05, 3.63) is 35.4 Å². The quantitative estimate of drug-likeness (QED) is 0.579. The minimum Gasteiger partial charge on any atom is -0.481 e. The second kappa shape index (κ2) is 9.95. The number of aliphatic hydroxyl groups is 1. The Kier molecular flexibility index (Phi) is 8.22. The van der Waals surface area contributed by atoms with E-state index in [4.69, 9.17) is 5.11 Å². The van der Waals surface area contributed by atoms with E-state index < -0.39 is 12.1 Å². The van der Waals surface area contributed by atoms with Gasteiger partial charge in [-0.1, -0.05) is 37.1 Å². The molecule has 0 bridgehead atoms. The van der Waals surface area contributed by atoms with Crippen molar-refractivity contribution in [2.45, 2.75) is 51.6 Å². The highest BCUT2D eigenvalue weighted by Gasteiger charge is 2.07. The highest BCUT2D eigenvalue weighted by molar-refractivity contribution is 5.72. The van der Waals surface area contributed by atoms with Gasteiger partial charge in [-0.15, -0.1) is 0 Å². The van der Waals surface area contributed by atoms with E-state index in [1.165, 1.54) is 6.92 Å². The molecule has 5 heteroatoms. The summed E-state index contributed by atoms with van der Waals surface area (Å²) < 4.78 is 0. The maximum atomic E-state index is 10.7. The summed E-state index contributed by atoms with van der Waals surface area (Å²) in [7, 11) is 0. The van der Waals surface area contributed by atoms with Crippen LogP contribution in [-0.4, -0.2) is 28.6 Å². The monoisotopic (exact) mass is 307 g/mol. The highest BCUT2D eigenvalue weighted by Crippen LogP contribution is 2.20. The van der Waals surface area contributed by atoms with Crippen molar-refractivity contribution >= 4 is 11.9 Å². The first-order chi connectivity index (χ1) is 10.5. The molecular weight excluding hydrogens is 282 g/mol. The number of aliphatic carboxylic acids is 1. The number of amides is 1. The molecule has 0 radical (unpaired) electrons. The van der Waals surface area contributed by atoms with E-state index in [1.807, 2.05) is 24.3 Å². The van der Waals surface area contributed by atoms with Gasteiger partial charge in [0, 0.05) is 19.9 Å². The van der Waals surface area contributed by atoms with Crippen molar-refractivity contribution in [2.24, 2.45) is 0 Å². The third-order valence-electron chi connectivity index (χ3n) is 3.52. The van der Waals surface area contributed by atoms with Crippen molar-refractivity contribution < 1.29 is 19.8 Å². The molecule has 0 aromatic heterocycles. The van der Waals surface area contributed by atoms with Gasteiger partial charge in [-0.05, 0) is 30.4 Å². The summed E-state index contributed by atoms with van der Waals surface area (Å²) in [5.74, 6) is -0.814. The van der Waals surface area contributed by atoms with E-state index in [-0.39, 0.29) is 12.3 Å². The van der Waals surface area contributed by atoms with Gasteiger partial charge in [0.2, 0.25) is 5.91 Å². The second-order valence-electron chi connectivity index (χ2n) is 5.48. The lowest BCUT2D eigenvalue weighted by molar-refractivity contribution is -0.137. The molecular formula is C17H25NO4. The molecule has 0 saturated carbocycles. The highest BCUT2D eigenvalue weighted by atomic mass is 16.4. The van der Waals surface area contributed by atoms with Crippen LogP contribution in [0.3, 0.4) is 0 Å². The fourth-order valence-corrected chi connectivity index (χ4v) is 2.23. The van der Waals surface area contributed by atoms with Gasteiger partial charge in [0.1, 0.15) is 0 Å². The molecule has 1 atom stereocenters. The Morgan fingerprint density at radius 1 is 1.14 bits per heavy atom. The number of benzene rings is 1. The van der Waals surface area contributed by atoms with Crippen LogP contribution in [-0.2, 0) is 16.0 Å². The number of carboxylic acid groups (broad SMARTS) is 1. The summed E-state index contributed by atoms with van der Waals surface area (Å²) >= 11 is 0. The average Bonchev–Trinajstić information content (AvgIpc) is 2.48. The second-order valence-corrected chi connectivity index (χ2v) is 5.48. The van der Waals surface area contributed by atoms with Gasteiger partial charge in [0.05, 0.1) is 6.10 Å². The molecule has 1 aromatic carbocycles. The van der Waals surface area contributed by atoms with E-state index in [2.05, 4.69) is 5.32 Å². The molecule has 5 nitrogen and oxygen atoms in total. The SMILES string of the molecule is CC(=O)NCCCCCC(O)c1ccc(CCC(=O)O)cc1. The Morgan fingerprint density at radius 2 is 1.82 bits per heavy atom. The van der Waals surface area contributed by atoms with Crippen LogP contribution >= 0.6 is 0 Å². The van der Waals surface area contributed by atoms with Crippen LogP contribution in [0.25, 0.3) is 0 Å². The average molecular weight is 307 g/mol. The minimum absolute atomic E-state index is 0.0111. The number of aryl methyl sites for hydroxylation is 1. The first-order valence-electron chi connectivity index (χ1n) is 7.72. The predicted octanol–water partition coefficient (Wildman–Crippen LogP) is 2.43. The maximum Gasteiger partial charge on any atom is 0.303 e. The van der Waals surface area contributed by atoms with E-state index in [0.717, 1.165) is 30.4 Å². The summed E-state index contributed by atoms with van der Waals surface area (Å²) in [6.45, 7) is 2.19. The third kappa shape index (κ3) is 7.78. The molecule has 1 unspecified atom stereocenters. The van der Waals surface area contributed by atoms with Crippen LogP contribution in [0.2, 0.25) is 0 Å². The van der Waals surface area contributed by atoms with Crippen molar-refractivity contribution in [3.8, 4) is 0 Å². The van der Waals surface area contributed by atoms with Gasteiger partial charge >= 0.3 is 5.97 Å². The first-order valence-corrected chi connectivity index (χ1v) is 7.72. The Balaban J connectivity index is 2.25. The number of carbonyl (C=O) groups is 2. The number of nitrogens with one attached hydrogen (secondary N) is 1. The standard InChI is InChI=1S/C17H25NO4/c1-13(19)18-12-4-2-3-5-16(20)15-9-6-14(7-10-15)8-11-17(21)22/h6-7,9-10,16,20H,2-5,8,11-12H2,1H3,(H,18,19)(H,21,22). The topological polar surface area (TPSA) is 86.6 Å². The number of hydrogen-bond acceptors (Lipinski definition) is 3. The maximum absolute atomic E-state index is 10.7. The normalized spacial score (nSPS) is 11.9. The van der Waals surface area contributed by atoms with E-state index >= 15 is 0 Å². The lowest BCUT2D eigenvalue weighted by Gasteiger charge is -2.11. The molecule has 0 heterocycles. The first kappa shape index (κ1) is 18.2. The molecule has 122 valence electrons. The fraction of sp³-hybridized carbons (Fsp3) is 0.529. The summed E-state index contributed by atoms with van der Waals surface area (Å²) in [5.41, 5.74) is 1.83. The van der Waals surface area contributed by atoms with Gasteiger partial charge in [-0.3, -0.25) is 9.59 Å². The summed E-state index contributed by atoms with van der Waals surface area (Å²) in [6.07, 6.45) is 3.62. The number of carbonyl (C=O) groups excluding carboxylic acids is 1. The number of carboxylic acids is 1. The Morgan fingerprint density at radius 3 is 2.41 bits per heavy atom. The Hall–Kier alpha value is -1.88. The molecule has 1 amide bonds. The van der Waals surface area contributed by atoms with Gasteiger partial charge < -0.3 is 15.5 Å². The van der Waals surface area contributed by atoms with Crippen LogP contribution in [0.15, 0.2) is 24.3 Å². The summed E-state index contributed by atoms with van der Waals surface area (Å²) in [4.78, 5) is 21.2. The molecule has 1 aromatic rings. The zero-order valence-corrected chi connectivity index (χ0v) is 13.0. The van der Waals surface area contributed by atoms with Gasteiger partial charge in [-0.25, -0.2) is 0 Å². The molecule has 0 aliphatic rings. The van der Waals surface area contributed by atoms with E-state index in [0.29, 0.717) is 19.4 Å². The van der Waals surface area contributed by atoms with Crippen LogP contribution < -0.4 is 5.32 Å². The molecule has 0 aliphatic heterocycles. The molecule has 22 heavy (non-hydrogen) atoms. The van der Waals surface area contributed by atoms with Crippen LogP contribution in [0.4, 0.5) is 0 Å². The number of aliphatic hydroxyl groups excluding tert-OH is 1. The number of hydrogen-bond donors (Lipinski definition) is 3. The smallest absolute Gasteiger partial charge is 0.303 e. The lowest BCUT2D eigenvalue weighted by Crippen LogP contribution is -2.20. The molecule has 0 aliphatic carbocycles. The van der Waals surface area contributed by atoms with Gasteiger partial charge in [-0.2, -0.15) is 0 Å². The zero-order chi connectivity index (χ0) is 16.4. The van der Waals surface area contributed by atoms with Crippen LogP contribution in [0, 0.1) is 0 Å². The van der Waals surface area contributed by atoms with Crippen molar-refractivity contribution in [1.82, 2.24) is 5.32 Å². The van der Waals surface area contributed by atoms with Crippen molar-refractivity contribution in [2.75, 3.05) is 6.54 Å². The molecule has 3 N–H and O–H groups in total. The predicted molar refractivity (Wildman–Crippen MR) is 84.5 cm³/mol. The van der Waals surface area contributed by atoms with Gasteiger partial charge in [0.15, 0.2) is 0 Å². The fourth-order valence-electron chi connectivity index (χ4n) is 2.23. The molecule has 0 spiro atoms. The van der Waals surface area contributed by atoms with Crippen LogP contribution in [0.5, 0.6) is 0 Å². The largest absolute Gasteiger partial charge is 0.481 e. The van der Waals surface area contributed by atoms with E-state index in [1.54, 1.807) is 0 Å². The number of unbranched alkanes of at least 4 members (excludes halogenated alkanes) is 2. The minimum atomic E-state index is -0.802. The van der Waals surface area contributed by atoms with Crippen LogP contribution in [0.1, 0.15) is 56.3 Å². The summed E-state index contributed by atoms with van der Waals surface area (Å²) in [5, 5.41) is 21.5. The van der Waals surface area contributed by atoms with Gasteiger partial charge in [0.25, 0.3) is 0 Å². The van der Waals surface area contributed by atoms with E-state index in [9.17, 15) is 14.7 Å². The van der Waals surface area contributed by atoms with Crippen molar-refractivity contribution in [1.29, 1.82) is 0 Å². The zero-order valence-electron chi connectivity index (χ0n) is 13.0. The Labute approximate surface area is 131 Å². The Bertz CT molecular complexity index is 470. The molecule has 0 saturated heterocycles. The molecule has 1 rings (SSSR count). The number of rotatable bonds is 10.